The highest BCUT2D eigenvalue weighted by atomic mass is 79.9. The van der Waals surface area contributed by atoms with Gasteiger partial charge in [-0.3, -0.25) is 0 Å². The van der Waals surface area contributed by atoms with Crippen LogP contribution in [0, 0.1) is 5.82 Å². The zero-order valence-electron chi connectivity index (χ0n) is 9.46. The SMILES string of the molecule is Fc1ccc(Br)cc1CNC1CC2CCC1O2. The number of ether oxygens (including phenoxy) is 1. The summed E-state index contributed by atoms with van der Waals surface area (Å²) < 4.78 is 20.2. The Labute approximate surface area is 109 Å². The average molecular weight is 300 g/mol. The van der Waals surface area contributed by atoms with Gasteiger partial charge in [0.1, 0.15) is 5.82 Å². The van der Waals surface area contributed by atoms with Crippen LogP contribution in [0.4, 0.5) is 4.39 Å². The highest BCUT2D eigenvalue weighted by Crippen LogP contribution is 2.34. The molecule has 2 saturated heterocycles. The van der Waals surface area contributed by atoms with E-state index < -0.39 is 0 Å². The number of nitrogens with one attached hydrogen (secondary N) is 1. The van der Waals surface area contributed by atoms with Gasteiger partial charge >= 0.3 is 0 Å². The first kappa shape index (κ1) is 11.6. The zero-order chi connectivity index (χ0) is 11.8. The van der Waals surface area contributed by atoms with E-state index in [1.165, 1.54) is 12.5 Å². The molecule has 1 aromatic rings. The summed E-state index contributed by atoms with van der Waals surface area (Å²) in [6, 6.07) is 5.45. The number of hydrogen-bond donors (Lipinski definition) is 1. The maximum Gasteiger partial charge on any atom is 0.127 e. The fourth-order valence-electron chi connectivity index (χ4n) is 2.77. The number of rotatable bonds is 3. The Bertz CT molecular complexity index is 426. The predicted molar refractivity (Wildman–Crippen MR) is 67.2 cm³/mol. The van der Waals surface area contributed by atoms with E-state index in [4.69, 9.17) is 4.74 Å². The van der Waals surface area contributed by atoms with Crippen LogP contribution in [-0.4, -0.2) is 18.2 Å². The number of hydrogen-bond acceptors (Lipinski definition) is 2. The normalized spacial score (nSPS) is 31.1. The summed E-state index contributed by atoms with van der Waals surface area (Å²) in [5.41, 5.74) is 0.710. The number of fused-ring (bicyclic) bond motifs is 2. The fraction of sp³-hybridized carbons (Fsp3) is 0.538. The van der Waals surface area contributed by atoms with Gasteiger partial charge in [0.2, 0.25) is 0 Å². The Hall–Kier alpha value is -0.450. The van der Waals surface area contributed by atoms with Gasteiger partial charge in [-0.25, -0.2) is 4.39 Å². The molecule has 1 N–H and O–H groups in total. The monoisotopic (exact) mass is 299 g/mol. The summed E-state index contributed by atoms with van der Waals surface area (Å²) in [6.45, 7) is 0.572. The quantitative estimate of drug-likeness (QED) is 0.926. The standard InChI is InChI=1S/C13H15BrFNO/c14-9-1-3-11(15)8(5-9)7-16-12-6-10-2-4-13(12)17-10/h1,3,5,10,12-13,16H,2,4,6-7H2. The van der Waals surface area contributed by atoms with Crippen molar-refractivity contribution < 1.29 is 9.13 Å². The van der Waals surface area contributed by atoms with E-state index >= 15 is 0 Å². The lowest BCUT2D eigenvalue weighted by Crippen LogP contribution is -2.37. The minimum absolute atomic E-state index is 0.148. The Morgan fingerprint density at radius 1 is 1.41 bits per heavy atom. The van der Waals surface area contributed by atoms with Crippen molar-refractivity contribution in [1.29, 1.82) is 0 Å². The van der Waals surface area contributed by atoms with Crippen molar-refractivity contribution in [3.8, 4) is 0 Å². The van der Waals surface area contributed by atoms with Crippen LogP contribution in [0.15, 0.2) is 22.7 Å². The second kappa shape index (κ2) is 4.67. The van der Waals surface area contributed by atoms with E-state index in [1.807, 2.05) is 6.07 Å². The van der Waals surface area contributed by atoms with E-state index in [2.05, 4.69) is 21.2 Å². The van der Waals surface area contributed by atoms with Crippen molar-refractivity contribution in [3.63, 3.8) is 0 Å². The van der Waals surface area contributed by atoms with Gasteiger partial charge < -0.3 is 10.1 Å². The van der Waals surface area contributed by atoms with E-state index in [9.17, 15) is 4.39 Å². The lowest BCUT2D eigenvalue weighted by atomic mass is 9.95. The smallest absolute Gasteiger partial charge is 0.127 e. The van der Waals surface area contributed by atoms with Crippen LogP contribution >= 0.6 is 15.9 Å². The molecule has 2 fully saturated rings. The minimum atomic E-state index is -0.148. The molecule has 0 saturated carbocycles. The summed E-state index contributed by atoms with van der Waals surface area (Å²) in [6.07, 6.45) is 4.18. The van der Waals surface area contributed by atoms with E-state index in [0.29, 0.717) is 30.4 Å². The summed E-state index contributed by atoms with van der Waals surface area (Å²) in [4.78, 5) is 0. The van der Waals surface area contributed by atoms with Gasteiger partial charge in [0.25, 0.3) is 0 Å². The van der Waals surface area contributed by atoms with Gasteiger partial charge in [-0.05, 0) is 37.5 Å². The second-order valence-electron chi connectivity index (χ2n) is 4.83. The molecule has 2 bridgehead atoms. The van der Waals surface area contributed by atoms with Crippen LogP contribution in [0.3, 0.4) is 0 Å². The van der Waals surface area contributed by atoms with Crippen molar-refractivity contribution in [2.45, 2.75) is 44.1 Å². The summed E-state index contributed by atoms with van der Waals surface area (Å²) in [5, 5.41) is 3.41. The predicted octanol–water partition coefficient (Wildman–Crippen LogP) is 3.00. The molecule has 92 valence electrons. The van der Waals surface area contributed by atoms with Gasteiger partial charge in [-0.2, -0.15) is 0 Å². The molecule has 2 nitrogen and oxygen atoms in total. The summed E-state index contributed by atoms with van der Waals surface area (Å²) >= 11 is 3.36. The Morgan fingerprint density at radius 2 is 2.29 bits per heavy atom. The maximum atomic E-state index is 13.5. The molecule has 4 heteroatoms. The van der Waals surface area contributed by atoms with Crippen molar-refractivity contribution in [3.05, 3.63) is 34.1 Å². The van der Waals surface area contributed by atoms with Gasteiger partial charge in [-0.1, -0.05) is 15.9 Å². The molecule has 17 heavy (non-hydrogen) atoms. The van der Waals surface area contributed by atoms with Gasteiger partial charge in [0.05, 0.1) is 12.2 Å². The molecule has 0 amide bonds. The third-order valence-electron chi connectivity index (χ3n) is 3.67. The van der Waals surface area contributed by atoms with Crippen LogP contribution in [0.1, 0.15) is 24.8 Å². The number of halogens is 2. The molecular formula is C13H15BrFNO. The molecule has 0 aromatic heterocycles. The molecule has 1 aromatic carbocycles. The minimum Gasteiger partial charge on any atom is -0.373 e. The third-order valence-corrected chi connectivity index (χ3v) is 4.16. The Balaban J connectivity index is 1.62. The van der Waals surface area contributed by atoms with Crippen molar-refractivity contribution >= 4 is 15.9 Å². The van der Waals surface area contributed by atoms with E-state index in [1.54, 1.807) is 6.07 Å². The molecule has 0 radical (unpaired) electrons. The first-order valence-electron chi connectivity index (χ1n) is 6.05. The van der Waals surface area contributed by atoms with Crippen LogP contribution in [0.2, 0.25) is 0 Å². The van der Waals surface area contributed by atoms with Gasteiger partial charge in [0, 0.05) is 22.6 Å². The molecule has 0 aliphatic carbocycles. The summed E-state index contributed by atoms with van der Waals surface area (Å²) in [5.74, 6) is -0.148. The highest BCUT2D eigenvalue weighted by molar-refractivity contribution is 9.10. The fourth-order valence-corrected chi connectivity index (χ4v) is 3.18. The van der Waals surface area contributed by atoms with Crippen LogP contribution in [0.25, 0.3) is 0 Å². The Morgan fingerprint density at radius 3 is 3.00 bits per heavy atom. The molecule has 2 aliphatic rings. The average Bonchev–Trinajstić information content (AvgIpc) is 2.92. The maximum absolute atomic E-state index is 13.5. The third kappa shape index (κ3) is 2.39. The van der Waals surface area contributed by atoms with Gasteiger partial charge in [0.15, 0.2) is 0 Å². The lowest BCUT2D eigenvalue weighted by Gasteiger charge is -2.20. The number of benzene rings is 1. The van der Waals surface area contributed by atoms with E-state index in [-0.39, 0.29) is 5.82 Å². The largest absolute Gasteiger partial charge is 0.373 e. The van der Waals surface area contributed by atoms with Crippen molar-refractivity contribution in [1.82, 2.24) is 5.32 Å². The first-order chi connectivity index (χ1) is 8.22. The Kier molecular flexibility index (Phi) is 3.19. The molecule has 0 spiro atoms. The molecule has 3 unspecified atom stereocenters. The van der Waals surface area contributed by atoms with Crippen LogP contribution in [-0.2, 0) is 11.3 Å². The topological polar surface area (TPSA) is 21.3 Å². The van der Waals surface area contributed by atoms with Gasteiger partial charge in [-0.15, -0.1) is 0 Å². The molecule has 3 atom stereocenters. The first-order valence-corrected chi connectivity index (χ1v) is 6.84. The molecule has 2 heterocycles. The van der Waals surface area contributed by atoms with Crippen LogP contribution < -0.4 is 5.32 Å². The molecular weight excluding hydrogens is 285 g/mol. The summed E-state index contributed by atoms with van der Waals surface area (Å²) in [7, 11) is 0. The van der Waals surface area contributed by atoms with Crippen LogP contribution in [0.5, 0.6) is 0 Å². The van der Waals surface area contributed by atoms with E-state index in [0.717, 1.165) is 17.3 Å². The molecule has 3 rings (SSSR count). The lowest BCUT2D eigenvalue weighted by molar-refractivity contribution is 0.0972. The van der Waals surface area contributed by atoms with Crippen molar-refractivity contribution in [2.75, 3.05) is 0 Å². The molecule has 2 aliphatic heterocycles. The van der Waals surface area contributed by atoms with Crippen molar-refractivity contribution in [2.24, 2.45) is 0 Å². The zero-order valence-corrected chi connectivity index (χ0v) is 11.0. The second-order valence-corrected chi connectivity index (χ2v) is 5.75. The highest BCUT2D eigenvalue weighted by Gasteiger charge is 2.40.